The van der Waals surface area contributed by atoms with Gasteiger partial charge in [0, 0.05) is 5.56 Å². The zero-order valence-corrected chi connectivity index (χ0v) is 8.08. The molecule has 0 bridgehead atoms. The van der Waals surface area contributed by atoms with Crippen molar-refractivity contribution in [2.45, 2.75) is 0 Å². The van der Waals surface area contributed by atoms with E-state index in [0.717, 1.165) is 0 Å². The number of hydrogen-bond acceptors (Lipinski definition) is 5. The molecule has 0 fully saturated rings. The normalized spacial score (nSPS) is 10.1. The minimum atomic E-state index is -1.88. The van der Waals surface area contributed by atoms with Crippen LogP contribution in [0.25, 0.3) is 11.3 Å². The lowest BCUT2D eigenvalue weighted by Gasteiger charge is -2.04. The van der Waals surface area contributed by atoms with E-state index in [4.69, 9.17) is 14.6 Å². The van der Waals surface area contributed by atoms with Crippen molar-refractivity contribution < 1.29 is 19.2 Å². The molecule has 1 aromatic heterocycles. The third kappa shape index (κ3) is 2.33. The van der Waals surface area contributed by atoms with Gasteiger partial charge in [-0.15, -0.1) is 0 Å². The first-order valence-corrected chi connectivity index (χ1v) is 4.47. The molecule has 0 spiro atoms. The maximum atomic E-state index is 10.9. The van der Waals surface area contributed by atoms with Crippen molar-refractivity contribution >= 4 is 7.32 Å². The highest BCUT2D eigenvalue weighted by atomic mass is 16.6. The average Bonchev–Trinajstić information content (AvgIpc) is 2.64. The van der Waals surface area contributed by atoms with Gasteiger partial charge in [-0.2, -0.15) is 5.16 Å². The third-order valence-corrected chi connectivity index (χ3v) is 1.88. The Labute approximate surface area is 90.2 Å². The molecule has 16 heavy (non-hydrogen) atoms. The highest BCUT2D eigenvalue weighted by Gasteiger charge is 2.12. The second kappa shape index (κ2) is 4.25. The molecule has 0 aliphatic heterocycles. The highest BCUT2D eigenvalue weighted by Crippen LogP contribution is 2.22. The Morgan fingerprint density at radius 3 is 2.75 bits per heavy atom. The first-order chi connectivity index (χ1) is 7.65. The summed E-state index contributed by atoms with van der Waals surface area (Å²) in [5, 5.41) is 19.4. The van der Waals surface area contributed by atoms with Gasteiger partial charge in [0.1, 0.15) is 5.75 Å². The van der Waals surface area contributed by atoms with Crippen LogP contribution >= 0.6 is 0 Å². The lowest BCUT2D eigenvalue weighted by molar-refractivity contribution is 0.288. The van der Waals surface area contributed by atoms with Gasteiger partial charge in [-0.3, -0.25) is 4.79 Å². The van der Waals surface area contributed by atoms with E-state index in [-0.39, 0.29) is 11.3 Å². The monoisotopic (exact) mass is 221 g/mol. The smallest absolute Gasteiger partial charge is 0.512 e. The molecule has 2 rings (SSSR count). The predicted octanol–water partition coefficient (Wildman–Crippen LogP) is -0.0168. The molecule has 0 atom stereocenters. The summed E-state index contributed by atoms with van der Waals surface area (Å²) in [4.78, 5) is 10.9. The van der Waals surface area contributed by atoms with Crippen molar-refractivity contribution in [1.29, 1.82) is 0 Å². The molecule has 1 heterocycles. The molecular weight excluding hydrogens is 213 g/mol. The maximum Gasteiger partial charge on any atom is 0.707 e. The summed E-state index contributed by atoms with van der Waals surface area (Å²) < 4.78 is 9.56. The predicted molar refractivity (Wildman–Crippen MR) is 55.6 cm³/mol. The van der Waals surface area contributed by atoms with Gasteiger partial charge in [-0.05, 0) is 12.1 Å². The van der Waals surface area contributed by atoms with E-state index in [9.17, 15) is 4.79 Å². The van der Waals surface area contributed by atoms with Gasteiger partial charge < -0.3 is 19.2 Å². The van der Waals surface area contributed by atoms with Crippen LogP contribution < -0.4 is 10.2 Å². The van der Waals surface area contributed by atoms with Gasteiger partial charge in [-0.1, -0.05) is 12.1 Å². The number of hydrogen-bond donors (Lipinski definition) is 3. The molecule has 7 heteroatoms. The van der Waals surface area contributed by atoms with Crippen molar-refractivity contribution in [1.82, 2.24) is 5.16 Å². The van der Waals surface area contributed by atoms with Crippen LogP contribution in [0.3, 0.4) is 0 Å². The SMILES string of the molecule is O=c1cc(-c2cccc(OB(O)O)c2)o[nH]1. The van der Waals surface area contributed by atoms with Gasteiger partial charge in [0.05, 0.1) is 6.07 Å². The minimum Gasteiger partial charge on any atom is -0.512 e. The molecule has 0 radical (unpaired) electrons. The molecule has 1 aromatic carbocycles. The van der Waals surface area contributed by atoms with Crippen LogP contribution in [0.1, 0.15) is 0 Å². The van der Waals surface area contributed by atoms with Crippen molar-refractivity contribution in [3.63, 3.8) is 0 Å². The average molecular weight is 221 g/mol. The Balaban J connectivity index is 2.32. The van der Waals surface area contributed by atoms with Gasteiger partial charge in [0.15, 0.2) is 5.76 Å². The second-order valence-corrected chi connectivity index (χ2v) is 3.05. The van der Waals surface area contributed by atoms with Crippen LogP contribution in [0, 0.1) is 0 Å². The Morgan fingerprint density at radius 1 is 1.31 bits per heavy atom. The van der Waals surface area contributed by atoms with Crippen molar-refractivity contribution in [2.24, 2.45) is 0 Å². The van der Waals surface area contributed by atoms with E-state index in [1.807, 2.05) is 0 Å². The number of benzene rings is 1. The van der Waals surface area contributed by atoms with Gasteiger partial charge in [0.2, 0.25) is 0 Å². The molecule has 0 saturated carbocycles. The molecule has 2 aromatic rings. The number of H-pyrrole nitrogens is 1. The quantitative estimate of drug-likeness (QED) is 0.633. The van der Waals surface area contributed by atoms with Gasteiger partial charge >= 0.3 is 7.32 Å². The Hall–Kier alpha value is -1.99. The number of aromatic amines is 1. The minimum absolute atomic E-state index is 0.261. The van der Waals surface area contributed by atoms with Crippen molar-refractivity contribution in [2.75, 3.05) is 0 Å². The summed E-state index contributed by atoms with van der Waals surface area (Å²) in [5.41, 5.74) is 0.250. The summed E-state index contributed by atoms with van der Waals surface area (Å²) in [6.45, 7) is 0. The zero-order valence-electron chi connectivity index (χ0n) is 8.08. The van der Waals surface area contributed by atoms with Crippen molar-refractivity contribution in [3.8, 4) is 17.1 Å². The summed E-state index contributed by atoms with van der Waals surface area (Å²) in [6.07, 6.45) is 0. The molecular formula is C9H8BNO5. The van der Waals surface area contributed by atoms with Crippen molar-refractivity contribution in [3.05, 3.63) is 40.7 Å². The van der Waals surface area contributed by atoms with E-state index in [1.54, 1.807) is 18.2 Å². The first-order valence-electron chi connectivity index (χ1n) is 4.47. The fraction of sp³-hybridized carbons (Fsp3) is 0. The highest BCUT2D eigenvalue weighted by molar-refractivity contribution is 6.33. The van der Waals surface area contributed by atoms with E-state index in [1.165, 1.54) is 12.1 Å². The van der Waals surface area contributed by atoms with Crippen LogP contribution in [-0.4, -0.2) is 22.5 Å². The van der Waals surface area contributed by atoms with E-state index in [2.05, 4.69) is 9.81 Å². The second-order valence-electron chi connectivity index (χ2n) is 3.05. The van der Waals surface area contributed by atoms with Gasteiger partial charge in [-0.25, -0.2) is 0 Å². The zero-order chi connectivity index (χ0) is 11.5. The van der Waals surface area contributed by atoms with E-state index >= 15 is 0 Å². The largest absolute Gasteiger partial charge is 0.707 e. The molecule has 82 valence electrons. The molecule has 3 N–H and O–H groups in total. The standard InChI is InChI=1S/C9H8BNO5/c12-9-5-8(16-11-9)6-2-1-3-7(4-6)15-10(13)14/h1-5,13-14H,(H,11,12). The van der Waals surface area contributed by atoms with Crippen LogP contribution in [0.4, 0.5) is 0 Å². The lowest BCUT2D eigenvalue weighted by atomic mass is 10.1. The number of rotatable bonds is 3. The maximum absolute atomic E-state index is 10.9. The first kappa shape index (κ1) is 10.5. The van der Waals surface area contributed by atoms with E-state index < -0.39 is 7.32 Å². The fourth-order valence-corrected chi connectivity index (χ4v) is 1.27. The lowest BCUT2D eigenvalue weighted by Crippen LogP contribution is -2.20. The third-order valence-electron chi connectivity index (χ3n) is 1.88. The number of aromatic nitrogens is 1. The summed E-state index contributed by atoms with van der Waals surface area (Å²) in [5.74, 6) is 0.610. The Kier molecular flexibility index (Phi) is 2.80. The fourth-order valence-electron chi connectivity index (χ4n) is 1.27. The van der Waals surface area contributed by atoms with Crippen LogP contribution in [0.5, 0.6) is 5.75 Å². The summed E-state index contributed by atoms with van der Waals surface area (Å²) in [7, 11) is -1.88. The molecule has 0 aliphatic rings. The van der Waals surface area contributed by atoms with Crippen LogP contribution in [0.2, 0.25) is 0 Å². The Morgan fingerprint density at radius 2 is 2.12 bits per heavy atom. The van der Waals surface area contributed by atoms with Crippen LogP contribution in [0.15, 0.2) is 39.6 Å². The molecule has 0 amide bonds. The summed E-state index contributed by atoms with van der Waals surface area (Å²) in [6, 6.07) is 7.69. The van der Waals surface area contributed by atoms with E-state index in [0.29, 0.717) is 11.3 Å². The molecule has 0 unspecified atom stereocenters. The topological polar surface area (TPSA) is 95.7 Å². The molecule has 6 nitrogen and oxygen atoms in total. The summed E-state index contributed by atoms with van der Waals surface area (Å²) >= 11 is 0. The van der Waals surface area contributed by atoms with Crippen LogP contribution in [-0.2, 0) is 0 Å². The number of nitrogens with one attached hydrogen (secondary N) is 1. The van der Waals surface area contributed by atoms with Gasteiger partial charge in [0.25, 0.3) is 5.56 Å². The Bertz CT molecular complexity index is 532. The molecule has 0 aliphatic carbocycles. The molecule has 0 saturated heterocycles.